The van der Waals surface area contributed by atoms with E-state index in [1.54, 1.807) is 6.20 Å². The predicted octanol–water partition coefficient (Wildman–Crippen LogP) is 1.35. The Kier molecular flexibility index (Phi) is 3.96. The van der Waals surface area contributed by atoms with Crippen LogP contribution in [0.3, 0.4) is 0 Å². The summed E-state index contributed by atoms with van der Waals surface area (Å²) in [6.45, 7) is 1.73. The second-order valence-electron chi connectivity index (χ2n) is 3.94. The third-order valence-electron chi connectivity index (χ3n) is 2.72. The summed E-state index contributed by atoms with van der Waals surface area (Å²) in [7, 11) is 0. The zero-order valence-corrected chi connectivity index (χ0v) is 9.28. The van der Waals surface area contributed by atoms with Gasteiger partial charge in [0.15, 0.2) is 0 Å². The van der Waals surface area contributed by atoms with Crippen molar-refractivity contribution in [2.24, 2.45) is 5.84 Å². The van der Waals surface area contributed by atoms with Crippen molar-refractivity contribution in [1.29, 1.82) is 0 Å². The molecule has 5 heteroatoms. The lowest BCUT2D eigenvalue weighted by Crippen LogP contribution is -2.27. The molecule has 1 unspecified atom stereocenters. The molecule has 88 valence electrons. The molecule has 2 rings (SSSR count). The highest BCUT2D eigenvalue weighted by atomic mass is 16.5. The van der Waals surface area contributed by atoms with Gasteiger partial charge in [0.1, 0.15) is 5.82 Å². The molecule has 1 fully saturated rings. The molecule has 1 aliphatic rings. The Bertz CT molecular complexity index is 326. The number of nitrogens with one attached hydrogen (secondary N) is 2. The molecule has 0 aromatic carbocycles. The van der Waals surface area contributed by atoms with Crippen LogP contribution in [0, 0.1) is 0 Å². The van der Waals surface area contributed by atoms with E-state index in [0.717, 1.165) is 25.3 Å². The highest BCUT2D eigenvalue weighted by molar-refractivity contribution is 5.51. The van der Waals surface area contributed by atoms with Gasteiger partial charge in [-0.05, 0) is 25.3 Å². The zero-order chi connectivity index (χ0) is 11.2. The Morgan fingerprint density at radius 3 is 3.19 bits per heavy atom. The van der Waals surface area contributed by atoms with Crippen LogP contribution in [0.5, 0.6) is 0 Å². The summed E-state index contributed by atoms with van der Waals surface area (Å²) in [5, 5.41) is 3.33. The number of nitrogens with zero attached hydrogens (tertiary/aromatic N) is 1. The fourth-order valence-electron chi connectivity index (χ4n) is 1.82. The number of anilines is 2. The number of hydrogen-bond donors (Lipinski definition) is 3. The molecular formula is C11H18N4O. The molecule has 0 amide bonds. The number of ether oxygens (including phenoxy) is 1. The van der Waals surface area contributed by atoms with Gasteiger partial charge in [0.05, 0.1) is 6.10 Å². The molecule has 16 heavy (non-hydrogen) atoms. The van der Waals surface area contributed by atoms with E-state index in [1.807, 2.05) is 12.1 Å². The minimum Gasteiger partial charge on any atom is -0.382 e. The van der Waals surface area contributed by atoms with Crippen molar-refractivity contribution in [3.8, 4) is 0 Å². The summed E-state index contributed by atoms with van der Waals surface area (Å²) in [6, 6.07) is 3.80. The average Bonchev–Trinajstić information content (AvgIpc) is 2.38. The van der Waals surface area contributed by atoms with Gasteiger partial charge in [-0.25, -0.2) is 10.8 Å². The van der Waals surface area contributed by atoms with Gasteiger partial charge in [-0.1, -0.05) is 0 Å². The van der Waals surface area contributed by atoms with E-state index in [2.05, 4.69) is 15.7 Å². The number of aromatic nitrogens is 1. The van der Waals surface area contributed by atoms with E-state index in [0.29, 0.717) is 11.9 Å². The van der Waals surface area contributed by atoms with Crippen LogP contribution in [0.25, 0.3) is 0 Å². The quantitative estimate of drug-likeness (QED) is 0.530. The Morgan fingerprint density at radius 1 is 1.50 bits per heavy atom. The fraction of sp³-hybridized carbons (Fsp3) is 0.545. The van der Waals surface area contributed by atoms with E-state index < -0.39 is 0 Å². The van der Waals surface area contributed by atoms with Gasteiger partial charge < -0.3 is 15.5 Å². The van der Waals surface area contributed by atoms with Gasteiger partial charge in [-0.2, -0.15) is 0 Å². The molecule has 2 heterocycles. The molecule has 4 N–H and O–H groups in total. The number of hydrazine groups is 1. The van der Waals surface area contributed by atoms with Gasteiger partial charge in [0, 0.05) is 31.1 Å². The lowest BCUT2D eigenvalue weighted by atomic mass is 10.1. The largest absolute Gasteiger partial charge is 0.382 e. The average molecular weight is 222 g/mol. The van der Waals surface area contributed by atoms with Gasteiger partial charge in [-0.15, -0.1) is 0 Å². The molecule has 1 atom stereocenters. The molecule has 0 spiro atoms. The number of rotatable bonds is 4. The molecule has 0 saturated carbocycles. The zero-order valence-electron chi connectivity index (χ0n) is 9.28. The monoisotopic (exact) mass is 222 g/mol. The molecule has 1 saturated heterocycles. The fourth-order valence-corrected chi connectivity index (χ4v) is 1.82. The molecular weight excluding hydrogens is 204 g/mol. The minimum absolute atomic E-state index is 0.330. The summed E-state index contributed by atoms with van der Waals surface area (Å²) in [6.07, 6.45) is 5.64. The van der Waals surface area contributed by atoms with E-state index >= 15 is 0 Å². The van der Waals surface area contributed by atoms with Crippen LogP contribution in [0.1, 0.15) is 19.3 Å². The number of nitrogens with two attached hydrogens (primary N) is 1. The molecule has 0 bridgehead atoms. The first-order valence-electron chi connectivity index (χ1n) is 5.66. The second-order valence-corrected chi connectivity index (χ2v) is 3.94. The molecule has 1 aromatic heterocycles. The van der Waals surface area contributed by atoms with Crippen molar-refractivity contribution in [3.05, 3.63) is 18.3 Å². The van der Waals surface area contributed by atoms with Crippen LogP contribution in [-0.2, 0) is 4.74 Å². The number of nitrogen functional groups attached to an aromatic ring is 1. The van der Waals surface area contributed by atoms with Crippen LogP contribution < -0.4 is 16.6 Å². The van der Waals surface area contributed by atoms with Crippen molar-refractivity contribution in [1.82, 2.24) is 4.98 Å². The number of hydrogen-bond acceptors (Lipinski definition) is 5. The second kappa shape index (κ2) is 5.67. The van der Waals surface area contributed by atoms with Crippen molar-refractivity contribution < 1.29 is 4.74 Å². The van der Waals surface area contributed by atoms with Gasteiger partial charge >= 0.3 is 0 Å². The highest BCUT2D eigenvalue weighted by Crippen LogP contribution is 2.15. The van der Waals surface area contributed by atoms with Gasteiger partial charge in [0.25, 0.3) is 0 Å². The van der Waals surface area contributed by atoms with E-state index in [9.17, 15) is 0 Å². The van der Waals surface area contributed by atoms with Gasteiger partial charge in [0.2, 0.25) is 0 Å². The highest BCUT2D eigenvalue weighted by Gasteiger charge is 2.13. The topological polar surface area (TPSA) is 72.2 Å². The normalized spacial score (nSPS) is 20.4. The van der Waals surface area contributed by atoms with Gasteiger partial charge in [-0.3, -0.25) is 0 Å². The SMILES string of the molecule is NNc1cc(NCC2CCCCO2)ccn1. The maximum atomic E-state index is 5.64. The van der Waals surface area contributed by atoms with Crippen LogP contribution >= 0.6 is 0 Å². The summed E-state index contributed by atoms with van der Waals surface area (Å²) in [5.74, 6) is 5.95. The smallest absolute Gasteiger partial charge is 0.141 e. The Balaban J connectivity index is 1.83. The Labute approximate surface area is 95.4 Å². The Morgan fingerprint density at radius 2 is 2.44 bits per heavy atom. The van der Waals surface area contributed by atoms with Crippen molar-refractivity contribution in [3.63, 3.8) is 0 Å². The molecule has 0 aliphatic carbocycles. The molecule has 0 radical (unpaired) electrons. The van der Waals surface area contributed by atoms with Crippen LogP contribution in [-0.4, -0.2) is 24.2 Å². The lowest BCUT2D eigenvalue weighted by Gasteiger charge is -2.23. The molecule has 1 aromatic rings. The number of pyridine rings is 1. The summed E-state index contributed by atoms with van der Waals surface area (Å²) >= 11 is 0. The Hall–Kier alpha value is -1.33. The summed E-state index contributed by atoms with van der Waals surface area (Å²) in [5.41, 5.74) is 3.53. The van der Waals surface area contributed by atoms with Crippen LogP contribution in [0.2, 0.25) is 0 Å². The van der Waals surface area contributed by atoms with Crippen LogP contribution in [0.4, 0.5) is 11.5 Å². The standard InChI is InChI=1S/C11H18N4O/c12-15-11-7-9(4-5-13-11)14-8-10-3-1-2-6-16-10/h4-5,7,10H,1-3,6,8,12H2,(H2,13,14,15). The first-order valence-corrected chi connectivity index (χ1v) is 5.66. The van der Waals surface area contributed by atoms with E-state index in [4.69, 9.17) is 10.6 Å². The predicted molar refractivity (Wildman–Crippen MR) is 64.1 cm³/mol. The maximum absolute atomic E-state index is 5.64. The summed E-state index contributed by atoms with van der Waals surface area (Å²) < 4.78 is 5.64. The molecule has 5 nitrogen and oxygen atoms in total. The van der Waals surface area contributed by atoms with E-state index in [-0.39, 0.29) is 0 Å². The third-order valence-corrected chi connectivity index (χ3v) is 2.72. The maximum Gasteiger partial charge on any atom is 0.141 e. The van der Waals surface area contributed by atoms with Crippen molar-refractivity contribution >= 4 is 11.5 Å². The molecule has 1 aliphatic heterocycles. The van der Waals surface area contributed by atoms with Crippen molar-refractivity contribution in [2.75, 3.05) is 23.9 Å². The first kappa shape index (κ1) is 11.2. The third kappa shape index (κ3) is 3.08. The van der Waals surface area contributed by atoms with Crippen molar-refractivity contribution in [2.45, 2.75) is 25.4 Å². The van der Waals surface area contributed by atoms with E-state index in [1.165, 1.54) is 12.8 Å². The summed E-state index contributed by atoms with van der Waals surface area (Å²) in [4.78, 5) is 4.05. The first-order chi connectivity index (χ1) is 7.88. The minimum atomic E-state index is 0.330. The van der Waals surface area contributed by atoms with Crippen LogP contribution in [0.15, 0.2) is 18.3 Å². The lowest BCUT2D eigenvalue weighted by molar-refractivity contribution is 0.0247.